The van der Waals surface area contributed by atoms with E-state index in [0.717, 1.165) is 30.2 Å². The molecule has 0 aliphatic carbocycles. The molecule has 1 aliphatic heterocycles. The predicted molar refractivity (Wildman–Crippen MR) is 90.2 cm³/mol. The van der Waals surface area contributed by atoms with Gasteiger partial charge in [-0.1, -0.05) is 43.7 Å². The maximum absolute atomic E-state index is 12.5. The van der Waals surface area contributed by atoms with Gasteiger partial charge in [-0.15, -0.1) is 0 Å². The first-order chi connectivity index (χ1) is 10.5. The molecule has 0 bridgehead atoms. The summed E-state index contributed by atoms with van der Waals surface area (Å²) in [5.74, 6) is -1.36. The molecule has 116 valence electrons. The smallest absolute Gasteiger partial charge is 0.326 e. The molecular formula is C15H16N2O3S2. The van der Waals surface area contributed by atoms with E-state index in [9.17, 15) is 14.7 Å². The van der Waals surface area contributed by atoms with Crippen LogP contribution in [0.4, 0.5) is 0 Å². The van der Waals surface area contributed by atoms with E-state index in [2.05, 4.69) is 4.98 Å². The zero-order chi connectivity index (χ0) is 16.1. The fourth-order valence-corrected chi connectivity index (χ4v) is 3.48. The average Bonchev–Trinajstić information content (AvgIpc) is 2.76. The van der Waals surface area contributed by atoms with Crippen LogP contribution in [0.3, 0.4) is 0 Å². The van der Waals surface area contributed by atoms with Crippen LogP contribution in [0.2, 0.25) is 0 Å². The monoisotopic (exact) mass is 336 g/mol. The molecule has 22 heavy (non-hydrogen) atoms. The van der Waals surface area contributed by atoms with Gasteiger partial charge in [0, 0.05) is 12.4 Å². The van der Waals surface area contributed by atoms with Crippen molar-refractivity contribution in [1.82, 2.24) is 9.88 Å². The fourth-order valence-electron chi connectivity index (χ4n) is 2.12. The third kappa shape index (κ3) is 3.72. The Balaban J connectivity index is 2.24. The lowest BCUT2D eigenvalue weighted by Gasteiger charge is -2.22. The van der Waals surface area contributed by atoms with Crippen LogP contribution in [0.1, 0.15) is 31.7 Å². The molecule has 2 rings (SSSR count). The van der Waals surface area contributed by atoms with Crippen molar-refractivity contribution in [2.75, 3.05) is 0 Å². The third-order valence-corrected chi connectivity index (χ3v) is 4.59. The van der Waals surface area contributed by atoms with Crippen LogP contribution in [0, 0.1) is 0 Å². The Bertz CT molecular complexity index is 616. The van der Waals surface area contributed by atoms with Crippen molar-refractivity contribution < 1.29 is 14.7 Å². The zero-order valence-corrected chi connectivity index (χ0v) is 13.7. The zero-order valence-electron chi connectivity index (χ0n) is 12.1. The van der Waals surface area contributed by atoms with Gasteiger partial charge in [0.2, 0.25) is 0 Å². The van der Waals surface area contributed by atoms with Gasteiger partial charge in [0.1, 0.15) is 10.4 Å². The van der Waals surface area contributed by atoms with E-state index < -0.39 is 12.0 Å². The SMILES string of the molecule is CCCC[C@H](C(=O)O)N1C(=O)/C(=C/c2ccncc2)SC1=S. The molecule has 0 radical (unpaired) electrons. The maximum atomic E-state index is 12.5. The molecule has 0 saturated carbocycles. The molecule has 1 N–H and O–H groups in total. The lowest BCUT2D eigenvalue weighted by Crippen LogP contribution is -2.43. The summed E-state index contributed by atoms with van der Waals surface area (Å²) in [6.45, 7) is 1.98. The van der Waals surface area contributed by atoms with E-state index in [1.807, 2.05) is 6.92 Å². The molecule has 1 fully saturated rings. The first-order valence-corrected chi connectivity index (χ1v) is 8.17. The standard InChI is InChI=1S/C15H16N2O3S2/c1-2-3-4-11(14(19)20)17-13(18)12(22-15(17)21)9-10-5-7-16-8-6-10/h5-9,11H,2-4H2,1H3,(H,19,20)/b12-9-/t11-/m1/s1. The van der Waals surface area contributed by atoms with Crippen LogP contribution >= 0.6 is 24.0 Å². The first-order valence-electron chi connectivity index (χ1n) is 6.94. The van der Waals surface area contributed by atoms with Gasteiger partial charge in [-0.05, 0) is 30.2 Å². The Labute approximate surface area is 138 Å². The Hall–Kier alpha value is -1.73. The number of aromatic nitrogens is 1. The minimum absolute atomic E-state index is 0.300. The second-order valence-electron chi connectivity index (χ2n) is 4.83. The van der Waals surface area contributed by atoms with Gasteiger partial charge in [-0.2, -0.15) is 0 Å². The minimum atomic E-state index is -1.02. The van der Waals surface area contributed by atoms with Gasteiger partial charge < -0.3 is 5.11 Å². The molecule has 1 aliphatic rings. The summed E-state index contributed by atoms with van der Waals surface area (Å²) in [7, 11) is 0. The number of pyridine rings is 1. The second kappa shape index (κ2) is 7.51. The first kappa shape index (κ1) is 16.6. The molecule has 1 atom stereocenters. The summed E-state index contributed by atoms with van der Waals surface area (Å²) in [5.41, 5.74) is 0.830. The average molecular weight is 336 g/mol. The highest BCUT2D eigenvalue weighted by Crippen LogP contribution is 2.34. The summed E-state index contributed by atoms with van der Waals surface area (Å²) in [5, 5.41) is 9.38. The van der Waals surface area contributed by atoms with E-state index in [1.165, 1.54) is 4.90 Å². The number of hydrogen-bond donors (Lipinski definition) is 1. The lowest BCUT2D eigenvalue weighted by atomic mass is 10.1. The van der Waals surface area contributed by atoms with Gasteiger partial charge in [-0.25, -0.2) is 4.79 Å². The predicted octanol–water partition coefficient (Wildman–Crippen LogP) is 2.93. The molecule has 1 amide bonds. The minimum Gasteiger partial charge on any atom is -0.480 e. The van der Waals surface area contributed by atoms with Crippen LogP contribution in [-0.2, 0) is 9.59 Å². The van der Waals surface area contributed by atoms with Gasteiger partial charge in [0.15, 0.2) is 0 Å². The van der Waals surface area contributed by atoms with Gasteiger partial charge in [-0.3, -0.25) is 14.7 Å². The maximum Gasteiger partial charge on any atom is 0.326 e. The number of hydrogen-bond acceptors (Lipinski definition) is 5. The number of carboxylic acids is 1. The number of carboxylic acid groups (broad SMARTS) is 1. The summed E-state index contributed by atoms with van der Waals surface area (Å²) < 4.78 is 0.300. The number of nitrogens with zero attached hydrogens (tertiary/aromatic N) is 2. The summed E-state index contributed by atoms with van der Waals surface area (Å²) in [6.07, 6.45) is 6.98. The summed E-state index contributed by atoms with van der Waals surface area (Å²) in [4.78, 5) is 29.5. The molecular weight excluding hydrogens is 320 g/mol. The third-order valence-electron chi connectivity index (χ3n) is 3.26. The second-order valence-corrected chi connectivity index (χ2v) is 6.50. The van der Waals surface area contributed by atoms with E-state index in [0.29, 0.717) is 15.6 Å². The van der Waals surface area contributed by atoms with Crippen LogP contribution in [-0.4, -0.2) is 37.2 Å². The number of aliphatic carboxylic acids is 1. The molecule has 0 unspecified atom stereocenters. The largest absolute Gasteiger partial charge is 0.480 e. The van der Waals surface area contributed by atoms with Crippen LogP contribution in [0.15, 0.2) is 29.4 Å². The fraction of sp³-hybridized carbons (Fsp3) is 0.333. The highest BCUT2D eigenvalue weighted by Gasteiger charge is 2.39. The van der Waals surface area contributed by atoms with Crippen molar-refractivity contribution in [3.05, 3.63) is 35.0 Å². The summed E-state index contributed by atoms with van der Waals surface area (Å²) in [6, 6.07) is 2.66. The normalized spacial score (nSPS) is 18.0. The van der Waals surface area contributed by atoms with Crippen molar-refractivity contribution in [3.63, 3.8) is 0 Å². The molecule has 0 spiro atoms. The van der Waals surface area contributed by atoms with E-state index in [1.54, 1.807) is 30.6 Å². The van der Waals surface area contributed by atoms with Gasteiger partial charge in [0.05, 0.1) is 4.91 Å². The Morgan fingerprint density at radius 3 is 2.77 bits per heavy atom. The van der Waals surface area contributed by atoms with E-state index in [-0.39, 0.29) is 5.91 Å². The Morgan fingerprint density at radius 1 is 1.50 bits per heavy atom. The van der Waals surface area contributed by atoms with Crippen molar-refractivity contribution in [1.29, 1.82) is 0 Å². The van der Waals surface area contributed by atoms with E-state index >= 15 is 0 Å². The molecule has 1 saturated heterocycles. The highest BCUT2D eigenvalue weighted by molar-refractivity contribution is 8.26. The number of unbranched alkanes of at least 4 members (excludes halogenated alkanes) is 1. The van der Waals surface area contributed by atoms with Crippen LogP contribution in [0.25, 0.3) is 6.08 Å². The number of thiocarbonyl (C=S) groups is 1. The van der Waals surface area contributed by atoms with Gasteiger partial charge in [0.25, 0.3) is 5.91 Å². The molecule has 5 nitrogen and oxygen atoms in total. The lowest BCUT2D eigenvalue weighted by molar-refractivity contribution is -0.145. The Morgan fingerprint density at radius 2 is 2.18 bits per heavy atom. The highest BCUT2D eigenvalue weighted by atomic mass is 32.2. The van der Waals surface area contributed by atoms with Gasteiger partial charge >= 0.3 is 5.97 Å². The van der Waals surface area contributed by atoms with Crippen molar-refractivity contribution in [2.24, 2.45) is 0 Å². The van der Waals surface area contributed by atoms with Crippen molar-refractivity contribution >= 4 is 46.3 Å². The number of carbonyl (C=O) groups excluding carboxylic acids is 1. The number of thioether (sulfide) groups is 1. The van der Waals surface area contributed by atoms with Crippen LogP contribution < -0.4 is 0 Å². The molecule has 1 aromatic heterocycles. The number of amides is 1. The topological polar surface area (TPSA) is 70.5 Å². The number of carbonyl (C=O) groups is 2. The molecule has 0 aromatic carbocycles. The quantitative estimate of drug-likeness (QED) is 0.636. The van der Waals surface area contributed by atoms with E-state index in [4.69, 9.17) is 12.2 Å². The summed E-state index contributed by atoms with van der Waals surface area (Å²) >= 11 is 6.35. The number of rotatable bonds is 6. The van der Waals surface area contributed by atoms with Crippen LogP contribution in [0.5, 0.6) is 0 Å². The molecule has 1 aromatic rings. The van der Waals surface area contributed by atoms with Crippen molar-refractivity contribution in [3.8, 4) is 0 Å². The molecule has 7 heteroatoms. The van der Waals surface area contributed by atoms with Crippen molar-refractivity contribution in [2.45, 2.75) is 32.2 Å². The molecule has 2 heterocycles. The Kier molecular flexibility index (Phi) is 5.68.